The number of rotatable bonds is 12. The Morgan fingerprint density at radius 3 is 1.53 bits per heavy atom. The zero-order valence-corrected chi connectivity index (χ0v) is 11.9. The topological polar surface area (TPSA) is 36.9 Å². The van der Waals surface area contributed by atoms with Gasteiger partial charge in [0.1, 0.15) is 0 Å². The molecule has 100 valence electrons. The van der Waals surface area contributed by atoms with Gasteiger partial charge in [-0.3, -0.25) is 0 Å². The average Bonchev–Trinajstić information content (AvgIpc) is 2.30. The average molecular weight is 260 g/mol. The van der Waals surface area contributed by atoms with E-state index in [1.54, 1.807) is 14.2 Å². The van der Waals surface area contributed by atoms with E-state index < -0.39 is 8.56 Å². The van der Waals surface area contributed by atoms with Gasteiger partial charge in [0.05, 0.1) is 26.4 Å². The van der Waals surface area contributed by atoms with E-state index in [9.17, 15) is 0 Å². The molecule has 0 aromatic heterocycles. The Morgan fingerprint density at radius 1 is 0.824 bits per heavy atom. The van der Waals surface area contributed by atoms with Crippen LogP contribution in [0.5, 0.6) is 0 Å². The molecule has 0 fully saturated rings. The van der Waals surface area contributed by atoms with Gasteiger partial charge in [0.2, 0.25) is 0 Å². The van der Waals surface area contributed by atoms with Gasteiger partial charge in [0, 0.05) is 26.3 Å². The summed E-state index contributed by atoms with van der Waals surface area (Å²) in [6.45, 7) is 9.73. The van der Waals surface area contributed by atoms with E-state index in [0.717, 1.165) is 12.1 Å². The molecule has 0 N–H and O–H groups in total. The first-order valence-corrected chi connectivity index (χ1v) is 7.95. The lowest BCUT2D eigenvalue weighted by Crippen LogP contribution is -2.42. The molecule has 0 unspecified atom stereocenters. The molecule has 17 heavy (non-hydrogen) atoms. The predicted octanol–water partition coefficient (Wildman–Crippen LogP) is 2.13. The van der Waals surface area contributed by atoms with Crippen LogP contribution in [-0.4, -0.2) is 49.2 Å². The van der Waals surface area contributed by atoms with E-state index in [2.05, 4.69) is 13.2 Å². The van der Waals surface area contributed by atoms with Crippen molar-refractivity contribution in [2.75, 3.05) is 40.6 Å². The lowest BCUT2D eigenvalue weighted by atomic mass is 10.7. The highest BCUT2D eigenvalue weighted by atomic mass is 28.4. The maximum absolute atomic E-state index is 5.89. The second kappa shape index (κ2) is 10.7. The number of hydrogen-bond acceptors (Lipinski definition) is 4. The van der Waals surface area contributed by atoms with Crippen LogP contribution in [-0.2, 0) is 18.3 Å². The van der Waals surface area contributed by atoms with E-state index >= 15 is 0 Å². The van der Waals surface area contributed by atoms with Crippen molar-refractivity contribution in [1.29, 1.82) is 0 Å². The fourth-order valence-corrected chi connectivity index (χ4v) is 3.93. The molecule has 0 heterocycles. The second-order valence-electron chi connectivity index (χ2n) is 3.58. The van der Waals surface area contributed by atoms with Crippen LogP contribution in [0.25, 0.3) is 0 Å². The lowest BCUT2D eigenvalue weighted by Gasteiger charge is -2.28. The van der Waals surface area contributed by atoms with Gasteiger partial charge in [-0.1, -0.05) is 12.2 Å². The van der Waals surface area contributed by atoms with Gasteiger partial charge in [-0.15, -0.1) is 13.2 Å². The first kappa shape index (κ1) is 16.5. The van der Waals surface area contributed by atoms with Crippen LogP contribution >= 0.6 is 0 Å². The Kier molecular flexibility index (Phi) is 10.4. The standard InChI is InChI=1S/C12H24O4Si/c1-5-11-17(12-6-2,15-9-7-13-3)16-10-8-14-4/h5-6H,1-2,7-12H2,3-4H3. The number of methoxy groups -OCH3 is 2. The summed E-state index contributed by atoms with van der Waals surface area (Å²) in [4.78, 5) is 0. The fourth-order valence-electron chi connectivity index (χ4n) is 1.42. The van der Waals surface area contributed by atoms with Crippen molar-refractivity contribution in [3.63, 3.8) is 0 Å². The third-order valence-electron chi connectivity index (χ3n) is 2.22. The second-order valence-corrected chi connectivity index (χ2v) is 6.79. The van der Waals surface area contributed by atoms with Gasteiger partial charge >= 0.3 is 8.56 Å². The van der Waals surface area contributed by atoms with Gasteiger partial charge in [0.25, 0.3) is 0 Å². The van der Waals surface area contributed by atoms with Crippen LogP contribution in [0.4, 0.5) is 0 Å². The lowest BCUT2D eigenvalue weighted by molar-refractivity contribution is 0.0880. The van der Waals surface area contributed by atoms with Crippen LogP contribution < -0.4 is 0 Å². The molecular weight excluding hydrogens is 236 g/mol. The third-order valence-corrected chi connectivity index (χ3v) is 5.50. The first-order valence-electron chi connectivity index (χ1n) is 5.72. The minimum Gasteiger partial charge on any atom is -0.391 e. The molecule has 0 aromatic carbocycles. The largest absolute Gasteiger partial charge is 0.391 e. The summed E-state index contributed by atoms with van der Waals surface area (Å²) >= 11 is 0. The zero-order valence-electron chi connectivity index (χ0n) is 10.9. The zero-order chi connectivity index (χ0) is 13.0. The summed E-state index contributed by atoms with van der Waals surface area (Å²) in [5.41, 5.74) is 0. The Balaban J connectivity index is 4.35. The molecule has 0 spiro atoms. The fraction of sp³-hybridized carbons (Fsp3) is 0.667. The minimum atomic E-state index is -2.27. The minimum absolute atomic E-state index is 0.539. The normalized spacial score (nSPS) is 11.4. The van der Waals surface area contributed by atoms with Gasteiger partial charge in [-0.2, -0.15) is 0 Å². The summed E-state index contributed by atoms with van der Waals surface area (Å²) < 4.78 is 21.8. The van der Waals surface area contributed by atoms with E-state index in [-0.39, 0.29) is 0 Å². The van der Waals surface area contributed by atoms with E-state index in [4.69, 9.17) is 18.3 Å². The van der Waals surface area contributed by atoms with Crippen molar-refractivity contribution < 1.29 is 18.3 Å². The molecule has 0 saturated carbocycles. The van der Waals surface area contributed by atoms with E-state index in [1.807, 2.05) is 12.2 Å². The predicted molar refractivity (Wildman–Crippen MR) is 71.4 cm³/mol. The highest BCUT2D eigenvalue weighted by molar-refractivity contribution is 6.68. The Hall–Kier alpha value is -0.463. The molecule has 4 nitrogen and oxygen atoms in total. The highest BCUT2D eigenvalue weighted by Gasteiger charge is 2.34. The highest BCUT2D eigenvalue weighted by Crippen LogP contribution is 2.20. The monoisotopic (exact) mass is 260 g/mol. The van der Waals surface area contributed by atoms with Crippen LogP contribution in [0, 0.1) is 0 Å². The Labute approximate surface area is 105 Å². The van der Waals surface area contributed by atoms with Crippen molar-refractivity contribution in [2.45, 2.75) is 12.1 Å². The first-order chi connectivity index (χ1) is 8.24. The summed E-state index contributed by atoms with van der Waals surface area (Å²) in [5, 5.41) is 0. The van der Waals surface area contributed by atoms with Crippen molar-refractivity contribution >= 4 is 8.56 Å². The SMILES string of the molecule is C=CC[Si](CC=C)(OCCOC)OCCOC. The van der Waals surface area contributed by atoms with Gasteiger partial charge < -0.3 is 18.3 Å². The Bertz CT molecular complexity index is 187. The number of hydrogen-bond donors (Lipinski definition) is 0. The van der Waals surface area contributed by atoms with Crippen LogP contribution in [0.2, 0.25) is 12.1 Å². The van der Waals surface area contributed by atoms with Crippen LogP contribution in [0.3, 0.4) is 0 Å². The molecule has 0 radical (unpaired) electrons. The summed E-state index contributed by atoms with van der Waals surface area (Å²) in [6, 6.07) is 1.49. The van der Waals surface area contributed by atoms with Gasteiger partial charge in [-0.05, 0) is 0 Å². The molecule has 0 amide bonds. The van der Waals surface area contributed by atoms with Crippen LogP contribution in [0.1, 0.15) is 0 Å². The summed E-state index contributed by atoms with van der Waals surface area (Å²) in [6.07, 6.45) is 3.69. The number of allylic oxidation sites excluding steroid dienone is 2. The molecule has 0 aromatic rings. The van der Waals surface area contributed by atoms with Crippen molar-refractivity contribution in [2.24, 2.45) is 0 Å². The molecular formula is C12H24O4Si. The van der Waals surface area contributed by atoms with E-state index in [1.165, 1.54) is 0 Å². The third kappa shape index (κ3) is 7.46. The molecule has 0 aliphatic rings. The molecule has 5 heteroatoms. The van der Waals surface area contributed by atoms with Crippen LogP contribution in [0.15, 0.2) is 25.3 Å². The van der Waals surface area contributed by atoms with E-state index in [0.29, 0.717) is 26.4 Å². The quantitative estimate of drug-likeness (QED) is 0.306. The molecule has 0 aliphatic carbocycles. The molecule has 0 bridgehead atoms. The summed E-state index contributed by atoms with van der Waals surface area (Å²) in [5.74, 6) is 0. The van der Waals surface area contributed by atoms with Crippen molar-refractivity contribution in [1.82, 2.24) is 0 Å². The Morgan fingerprint density at radius 2 is 1.24 bits per heavy atom. The number of ether oxygens (including phenoxy) is 2. The molecule has 0 saturated heterocycles. The molecule has 0 aliphatic heterocycles. The van der Waals surface area contributed by atoms with Gasteiger partial charge in [0.15, 0.2) is 0 Å². The maximum Gasteiger partial charge on any atom is 0.346 e. The molecule has 0 rings (SSSR count). The van der Waals surface area contributed by atoms with Crippen molar-refractivity contribution in [3.8, 4) is 0 Å². The molecule has 0 atom stereocenters. The van der Waals surface area contributed by atoms with Crippen molar-refractivity contribution in [3.05, 3.63) is 25.3 Å². The maximum atomic E-state index is 5.89. The smallest absolute Gasteiger partial charge is 0.346 e. The summed E-state index contributed by atoms with van der Waals surface area (Å²) in [7, 11) is 1.04. The van der Waals surface area contributed by atoms with Gasteiger partial charge in [-0.25, -0.2) is 0 Å².